The van der Waals surface area contributed by atoms with Crippen LogP contribution in [-0.4, -0.2) is 30.0 Å². The predicted molar refractivity (Wildman–Crippen MR) is 96.0 cm³/mol. The number of aryl methyl sites for hydroxylation is 1. The van der Waals surface area contributed by atoms with Gasteiger partial charge in [-0.2, -0.15) is 13.2 Å². The molecule has 0 radical (unpaired) electrons. The van der Waals surface area contributed by atoms with Crippen molar-refractivity contribution in [2.75, 3.05) is 17.3 Å². The molecule has 2 aromatic carbocycles. The van der Waals surface area contributed by atoms with E-state index in [1.54, 1.807) is 37.4 Å². The minimum Gasteiger partial charge on any atom is -0.315 e. The molecule has 2 amide bonds. The van der Waals surface area contributed by atoms with Crippen molar-refractivity contribution in [1.29, 1.82) is 0 Å². The van der Waals surface area contributed by atoms with Gasteiger partial charge in [-0.3, -0.25) is 19.7 Å². The van der Waals surface area contributed by atoms with E-state index >= 15 is 0 Å². The molecular formula is C18H16F3N3O4. The van der Waals surface area contributed by atoms with Crippen LogP contribution in [-0.2, 0) is 16.0 Å². The number of anilines is 2. The van der Waals surface area contributed by atoms with Gasteiger partial charge >= 0.3 is 12.1 Å². The number of carbonyl (C=O) groups excluding carboxylic acids is 2. The number of hydrogen-bond acceptors (Lipinski definition) is 4. The number of nitrogens with zero attached hydrogens (tertiary/aromatic N) is 2. The van der Waals surface area contributed by atoms with Gasteiger partial charge in [0.2, 0.25) is 5.91 Å². The van der Waals surface area contributed by atoms with Crippen LogP contribution in [0.1, 0.15) is 12.0 Å². The average Bonchev–Trinajstić information content (AvgIpc) is 2.66. The largest absolute Gasteiger partial charge is 0.471 e. The van der Waals surface area contributed by atoms with E-state index < -0.39 is 28.4 Å². The number of nitrogens with one attached hydrogen (secondary N) is 1. The molecule has 0 aliphatic carbocycles. The van der Waals surface area contributed by atoms with Gasteiger partial charge in [0.1, 0.15) is 5.69 Å². The Morgan fingerprint density at radius 3 is 2.36 bits per heavy atom. The summed E-state index contributed by atoms with van der Waals surface area (Å²) >= 11 is 0. The highest BCUT2D eigenvalue weighted by molar-refractivity contribution is 5.97. The highest BCUT2D eigenvalue weighted by Gasteiger charge is 2.39. The van der Waals surface area contributed by atoms with Gasteiger partial charge in [0, 0.05) is 25.2 Å². The second kappa shape index (κ2) is 8.51. The number of carbonyl (C=O) groups is 2. The molecule has 0 spiro atoms. The number of rotatable bonds is 6. The van der Waals surface area contributed by atoms with Gasteiger partial charge in [-0.25, -0.2) is 0 Å². The quantitative estimate of drug-likeness (QED) is 0.596. The molecule has 0 saturated heterocycles. The van der Waals surface area contributed by atoms with Crippen molar-refractivity contribution in [2.24, 2.45) is 0 Å². The Balaban J connectivity index is 2.10. The van der Waals surface area contributed by atoms with Crippen LogP contribution in [0.2, 0.25) is 0 Å². The summed E-state index contributed by atoms with van der Waals surface area (Å²) in [5, 5.41) is 12.6. The summed E-state index contributed by atoms with van der Waals surface area (Å²) in [5.41, 5.74) is -0.182. The summed E-state index contributed by atoms with van der Waals surface area (Å²) in [5.74, 6) is -2.54. The molecule has 148 valence electrons. The lowest BCUT2D eigenvalue weighted by Crippen LogP contribution is -2.30. The number of hydrogen-bond donors (Lipinski definition) is 1. The Hall–Kier alpha value is -3.43. The average molecular weight is 395 g/mol. The van der Waals surface area contributed by atoms with Gasteiger partial charge in [-0.15, -0.1) is 0 Å². The third-order valence-electron chi connectivity index (χ3n) is 3.91. The molecule has 2 rings (SSSR count). The van der Waals surface area contributed by atoms with Crippen LogP contribution in [0.25, 0.3) is 0 Å². The summed E-state index contributed by atoms with van der Waals surface area (Å²) < 4.78 is 37.0. The molecular weight excluding hydrogens is 379 g/mol. The molecule has 28 heavy (non-hydrogen) atoms. The summed E-state index contributed by atoms with van der Waals surface area (Å²) in [4.78, 5) is 35.0. The number of amides is 2. The van der Waals surface area contributed by atoms with Crippen LogP contribution in [0, 0.1) is 10.1 Å². The van der Waals surface area contributed by atoms with E-state index in [0.717, 1.165) is 12.1 Å². The number of nitro benzene ring substituents is 1. The first-order valence-corrected chi connectivity index (χ1v) is 8.06. The molecule has 1 N–H and O–H groups in total. The Morgan fingerprint density at radius 2 is 1.79 bits per heavy atom. The maximum absolute atomic E-state index is 12.3. The third kappa shape index (κ3) is 5.29. The van der Waals surface area contributed by atoms with Crippen molar-refractivity contribution in [3.8, 4) is 0 Å². The Morgan fingerprint density at radius 1 is 1.14 bits per heavy atom. The van der Waals surface area contributed by atoms with Crippen molar-refractivity contribution in [1.82, 2.24) is 0 Å². The molecule has 0 saturated carbocycles. The van der Waals surface area contributed by atoms with Crippen LogP contribution in [0.5, 0.6) is 0 Å². The van der Waals surface area contributed by atoms with E-state index in [1.807, 2.05) is 0 Å². The van der Waals surface area contributed by atoms with E-state index in [9.17, 15) is 32.9 Å². The number of alkyl halides is 3. The van der Waals surface area contributed by atoms with Crippen LogP contribution in [0.15, 0.2) is 48.5 Å². The molecule has 0 aliphatic rings. The second-order valence-corrected chi connectivity index (χ2v) is 5.85. The summed E-state index contributed by atoms with van der Waals surface area (Å²) in [6, 6.07) is 12.2. The summed E-state index contributed by atoms with van der Waals surface area (Å²) in [7, 11) is 1.59. The molecule has 2 aromatic rings. The highest BCUT2D eigenvalue weighted by Crippen LogP contribution is 2.28. The fourth-order valence-electron chi connectivity index (χ4n) is 2.40. The monoisotopic (exact) mass is 395 g/mol. The van der Waals surface area contributed by atoms with Crippen LogP contribution < -0.4 is 10.2 Å². The number of nitro groups is 1. The van der Waals surface area contributed by atoms with Crippen LogP contribution >= 0.6 is 0 Å². The molecule has 7 nitrogen and oxygen atoms in total. The van der Waals surface area contributed by atoms with Gasteiger partial charge in [-0.05, 0) is 30.2 Å². The first-order chi connectivity index (χ1) is 13.1. The van der Waals surface area contributed by atoms with Gasteiger partial charge in [0.25, 0.3) is 5.69 Å². The number of halogens is 3. The van der Waals surface area contributed by atoms with E-state index in [-0.39, 0.29) is 18.7 Å². The zero-order valence-electron chi connectivity index (χ0n) is 14.7. The Bertz CT molecular complexity index is 885. The SMILES string of the molecule is CN(C(=O)CCc1ccc(NC(=O)C(F)(F)F)c([N+](=O)[O-])c1)c1ccccc1. The van der Waals surface area contributed by atoms with Gasteiger partial charge < -0.3 is 10.2 Å². The smallest absolute Gasteiger partial charge is 0.315 e. The topological polar surface area (TPSA) is 92.6 Å². The fraction of sp³-hybridized carbons (Fsp3) is 0.222. The lowest BCUT2D eigenvalue weighted by molar-refractivity contribution is -0.384. The van der Waals surface area contributed by atoms with Gasteiger partial charge in [0.05, 0.1) is 4.92 Å². The molecule has 0 unspecified atom stereocenters. The van der Waals surface area contributed by atoms with Crippen molar-refractivity contribution < 1.29 is 27.7 Å². The fourth-order valence-corrected chi connectivity index (χ4v) is 2.40. The normalized spacial score (nSPS) is 11.0. The molecule has 0 heterocycles. The minimum atomic E-state index is -5.17. The Kier molecular flexibility index (Phi) is 6.34. The third-order valence-corrected chi connectivity index (χ3v) is 3.91. The number of benzene rings is 2. The second-order valence-electron chi connectivity index (χ2n) is 5.85. The van der Waals surface area contributed by atoms with E-state index in [2.05, 4.69) is 0 Å². The first kappa shape index (κ1) is 20.9. The summed E-state index contributed by atoms with van der Waals surface area (Å²) in [6.07, 6.45) is -4.98. The molecule has 10 heteroatoms. The van der Waals surface area contributed by atoms with Crippen molar-refractivity contribution >= 4 is 28.9 Å². The molecule has 0 fully saturated rings. The van der Waals surface area contributed by atoms with Gasteiger partial charge in [0.15, 0.2) is 0 Å². The standard InChI is InChI=1S/C18H16F3N3O4/c1-23(13-5-3-2-4-6-13)16(25)10-8-12-7-9-14(15(11-12)24(27)28)22-17(26)18(19,20)21/h2-7,9,11H,8,10H2,1H3,(H,22,26). The maximum atomic E-state index is 12.3. The van der Waals surface area contributed by atoms with Gasteiger partial charge in [-0.1, -0.05) is 24.3 Å². The lowest BCUT2D eigenvalue weighted by Gasteiger charge is -2.17. The van der Waals surface area contributed by atoms with E-state index in [1.165, 1.54) is 16.3 Å². The Labute approximate surface area is 157 Å². The predicted octanol–water partition coefficient (Wildman–Crippen LogP) is 3.69. The lowest BCUT2D eigenvalue weighted by atomic mass is 10.1. The highest BCUT2D eigenvalue weighted by atomic mass is 19.4. The maximum Gasteiger partial charge on any atom is 0.471 e. The summed E-state index contributed by atoms with van der Waals surface area (Å²) in [6.45, 7) is 0. The zero-order chi connectivity index (χ0) is 20.9. The molecule has 0 bridgehead atoms. The molecule has 0 atom stereocenters. The minimum absolute atomic E-state index is 0.0385. The number of para-hydroxylation sites is 1. The zero-order valence-corrected chi connectivity index (χ0v) is 14.7. The van der Waals surface area contributed by atoms with E-state index in [0.29, 0.717) is 11.3 Å². The van der Waals surface area contributed by atoms with Crippen molar-refractivity contribution in [3.63, 3.8) is 0 Å². The first-order valence-electron chi connectivity index (χ1n) is 8.06. The molecule has 0 aromatic heterocycles. The molecule has 0 aliphatic heterocycles. The van der Waals surface area contributed by atoms with Crippen LogP contribution in [0.4, 0.5) is 30.2 Å². The van der Waals surface area contributed by atoms with Crippen molar-refractivity contribution in [2.45, 2.75) is 19.0 Å². The van der Waals surface area contributed by atoms with E-state index in [4.69, 9.17) is 0 Å². The van der Waals surface area contributed by atoms with Crippen molar-refractivity contribution in [3.05, 3.63) is 64.2 Å². The van der Waals surface area contributed by atoms with Crippen LogP contribution in [0.3, 0.4) is 0 Å².